The molecule has 1 saturated carbocycles. The minimum atomic E-state index is 0.645. The van der Waals surface area contributed by atoms with E-state index in [0.29, 0.717) is 6.54 Å². The molecule has 0 radical (unpaired) electrons. The summed E-state index contributed by atoms with van der Waals surface area (Å²) in [5.74, 6) is 0.795. The van der Waals surface area contributed by atoms with E-state index in [-0.39, 0.29) is 0 Å². The molecule has 2 aliphatic rings. The first-order valence-corrected chi connectivity index (χ1v) is 6.43. The molecule has 0 aromatic heterocycles. The van der Waals surface area contributed by atoms with E-state index in [1.807, 2.05) is 6.08 Å². The normalized spacial score (nSPS) is 19.0. The fourth-order valence-corrected chi connectivity index (χ4v) is 2.38. The molecule has 0 saturated heterocycles. The highest BCUT2D eigenvalue weighted by Crippen LogP contribution is 2.40. The van der Waals surface area contributed by atoms with E-state index in [9.17, 15) is 0 Å². The lowest BCUT2D eigenvalue weighted by molar-refractivity contribution is 0.876. The fourth-order valence-electron chi connectivity index (χ4n) is 2.38. The van der Waals surface area contributed by atoms with Crippen molar-refractivity contribution in [2.24, 2.45) is 0 Å². The maximum Gasteiger partial charge on any atom is 0.0966 e. The van der Waals surface area contributed by atoms with Crippen LogP contribution in [-0.2, 0) is 0 Å². The van der Waals surface area contributed by atoms with Gasteiger partial charge in [-0.2, -0.15) is 5.26 Å². The Morgan fingerprint density at radius 3 is 2.56 bits per heavy atom. The molecule has 1 aliphatic carbocycles. The predicted octanol–water partition coefficient (Wildman–Crippen LogP) is 3.35. The average Bonchev–Trinajstić information content (AvgIpc) is 3.24. The smallest absolute Gasteiger partial charge is 0.0966 e. The van der Waals surface area contributed by atoms with Crippen molar-refractivity contribution in [3.63, 3.8) is 0 Å². The number of rotatable bonds is 2. The summed E-state index contributed by atoms with van der Waals surface area (Å²) in [6, 6.07) is 11.0. The zero-order chi connectivity index (χ0) is 12.5. The first kappa shape index (κ1) is 11.1. The summed E-state index contributed by atoms with van der Waals surface area (Å²) >= 11 is 0. The van der Waals surface area contributed by atoms with Crippen LogP contribution in [0.3, 0.4) is 0 Å². The van der Waals surface area contributed by atoms with Crippen LogP contribution in [0.2, 0.25) is 0 Å². The van der Waals surface area contributed by atoms with Crippen LogP contribution in [-0.4, -0.2) is 6.54 Å². The number of benzene rings is 1. The molecule has 90 valence electrons. The van der Waals surface area contributed by atoms with E-state index in [2.05, 4.69) is 42.6 Å². The Balaban J connectivity index is 1.93. The maximum absolute atomic E-state index is 8.99. The molecule has 1 heterocycles. The van der Waals surface area contributed by atoms with Gasteiger partial charge in [0.05, 0.1) is 6.07 Å². The van der Waals surface area contributed by atoms with Crippen molar-refractivity contribution < 1.29 is 0 Å². The molecular formula is C16H16N2. The summed E-state index contributed by atoms with van der Waals surface area (Å²) in [5.41, 5.74) is 5.72. The van der Waals surface area contributed by atoms with Crippen molar-refractivity contribution in [3.8, 4) is 6.07 Å². The van der Waals surface area contributed by atoms with E-state index >= 15 is 0 Å². The molecule has 0 amide bonds. The molecule has 1 aliphatic heterocycles. The summed E-state index contributed by atoms with van der Waals surface area (Å²) < 4.78 is 0. The zero-order valence-electron chi connectivity index (χ0n) is 10.5. The lowest BCUT2D eigenvalue weighted by atomic mass is 9.97. The van der Waals surface area contributed by atoms with Crippen LogP contribution in [0, 0.1) is 11.3 Å². The third-order valence-electron chi connectivity index (χ3n) is 3.68. The number of nitrogens with one attached hydrogen (secondary N) is 1. The molecule has 2 heteroatoms. The molecule has 0 atom stereocenters. The SMILES string of the molecule is CC1=C(c2ccc(C3CC3)cc2)C=C(C#N)CN1. The monoisotopic (exact) mass is 236 g/mol. The second-order valence-electron chi connectivity index (χ2n) is 5.07. The molecule has 18 heavy (non-hydrogen) atoms. The third kappa shape index (κ3) is 2.04. The third-order valence-corrected chi connectivity index (χ3v) is 3.68. The van der Waals surface area contributed by atoms with Gasteiger partial charge in [-0.25, -0.2) is 0 Å². The van der Waals surface area contributed by atoms with Crippen LogP contribution in [0.25, 0.3) is 5.57 Å². The lowest BCUT2D eigenvalue weighted by Crippen LogP contribution is -2.19. The summed E-state index contributed by atoms with van der Waals surface area (Å²) in [7, 11) is 0. The van der Waals surface area contributed by atoms with Crippen molar-refractivity contribution in [2.75, 3.05) is 6.54 Å². The second-order valence-corrected chi connectivity index (χ2v) is 5.07. The topological polar surface area (TPSA) is 35.8 Å². The van der Waals surface area contributed by atoms with Gasteiger partial charge in [0.2, 0.25) is 0 Å². The van der Waals surface area contributed by atoms with Gasteiger partial charge in [0, 0.05) is 23.4 Å². The molecule has 1 N–H and O–H groups in total. The van der Waals surface area contributed by atoms with Crippen LogP contribution >= 0.6 is 0 Å². The second kappa shape index (κ2) is 4.34. The Morgan fingerprint density at radius 1 is 1.22 bits per heavy atom. The quantitative estimate of drug-likeness (QED) is 0.854. The lowest BCUT2D eigenvalue weighted by Gasteiger charge is -2.17. The van der Waals surface area contributed by atoms with Gasteiger partial charge in [-0.3, -0.25) is 0 Å². The maximum atomic E-state index is 8.99. The number of allylic oxidation sites excluding steroid dienone is 3. The summed E-state index contributed by atoms with van der Waals surface area (Å²) in [6.45, 7) is 2.71. The van der Waals surface area contributed by atoms with Crippen LogP contribution < -0.4 is 5.32 Å². The molecule has 0 bridgehead atoms. The van der Waals surface area contributed by atoms with Crippen LogP contribution in [0.4, 0.5) is 0 Å². The average molecular weight is 236 g/mol. The first-order chi connectivity index (χ1) is 8.78. The molecule has 2 nitrogen and oxygen atoms in total. The van der Waals surface area contributed by atoms with Gasteiger partial charge in [-0.1, -0.05) is 24.3 Å². The first-order valence-electron chi connectivity index (χ1n) is 6.43. The largest absolute Gasteiger partial charge is 0.383 e. The Hall–Kier alpha value is -2.01. The molecule has 1 fully saturated rings. The summed E-state index contributed by atoms with van der Waals surface area (Å²) in [4.78, 5) is 0. The van der Waals surface area contributed by atoms with Crippen molar-refractivity contribution in [1.29, 1.82) is 5.26 Å². The Labute approximate surface area is 108 Å². The highest BCUT2D eigenvalue weighted by molar-refractivity contribution is 5.79. The van der Waals surface area contributed by atoms with Crippen molar-refractivity contribution in [1.82, 2.24) is 5.32 Å². The van der Waals surface area contributed by atoms with Crippen LogP contribution in [0.5, 0.6) is 0 Å². The number of nitrogens with zero attached hydrogens (tertiary/aromatic N) is 1. The molecule has 1 aromatic rings. The Kier molecular flexibility index (Phi) is 2.68. The van der Waals surface area contributed by atoms with Crippen LogP contribution in [0.15, 0.2) is 41.6 Å². The molecule has 0 unspecified atom stereocenters. The molecule has 0 spiro atoms. The minimum absolute atomic E-state index is 0.645. The van der Waals surface area contributed by atoms with E-state index in [0.717, 1.165) is 22.8 Å². The van der Waals surface area contributed by atoms with Gasteiger partial charge >= 0.3 is 0 Å². The molecular weight excluding hydrogens is 220 g/mol. The van der Waals surface area contributed by atoms with Gasteiger partial charge in [0.25, 0.3) is 0 Å². The standard InChI is InChI=1S/C16H16N2/c1-11-16(8-12(9-17)10-18-11)15-6-4-14(5-7-15)13-2-3-13/h4-8,13,18H,2-3,10H2,1H3. The van der Waals surface area contributed by atoms with Gasteiger partial charge in [-0.15, -0.1) is 0 Å². The van der Waals surface area contributed by atoms with Crippen molar-refractivity contribution >= 4 is 5.57 Å². The number of hydrogen-bond acceptors (Lipinski definition) is 2. The summed E-state index contributed by atoms with van der Waals surface area (Å²) in [5, 5.41) is 12.3. The Morgan fingerprint density at radius 2 is 1.94 bits per heavy atom. The highest BCUT2D eigenvalue weighted by Gasteiger charge is 2.23. The molecule has 3 rings (SSSR count). The number of dihydropyridines is 1. The van der Waals surface area contributed by atoms with Crippen LogP contribution in [0.1, 0.15) is 36.8 Å². The van der Waals surface area contributed by atoms with E-state index in [4.69, 9.17) is 5.26 Å². The zero-order valence-corrected chi connectivity index (χ0v) is 10.5. The Bertz CT molecular complexity index is 566. The van der Waals surface area contributed by atoms with Gasteiger partial charge in [0.1, 0.15) is 0 Å². The minimum Gasteiger partial charge on any atom is -0.383 e. The van der Waals surface area contributed by atoms with Crippen molar-refractivity contribution in [2.45, 2.75) is 25.7 Å². The van der Waals surface area contributed by atoms with Gasteiger partial charge < -0.3 is 5.32 Å². The van der Waals surface area contributed by atoms with Crippen molar-refractivity contribution in [3.05, 3.63) is 52.7 Å². The predicted molar refractivity (Wildman–Crippen MR) is 72.7 cm³/mol. The summed E-state index contributed by atoms with van der Waals surface area (Å²) in [6.07, 6.45) is 4.67. The van der Waals surface area contributed by atoms with Gasteiger partial charge in [0.15, 0.2) is 0 Å². The number of hydrogen-bond donors (Lipinski definition) is 1. The van der Waals surface area contributed by atoms with Gasteiger partial charge in [-0.05, 0) is 42.9 Å². The van der Waals surface area contributed by atoms with E-state index in [1.165, 1.54) is 24.0 Å². The fraction of sp³-hybridized carbons (Fsp3) is 0.312. The van der Waals surface area contributed by atoms with E-state index < -0.39 is 0 Å². The number of nitriles is 1. The highest BCUT2D eigenvalue weighted by atomic mass is 14.9. The molecule has 1 aromatic carbocycles. The van der Waals surface area contributed by atoms with E-state index in [1.54, 1.807) is 0 Å².